The Kier molecular flexibility index (Phi) is 11.4. The van der Waals surface area contributed by atoms with Crippen molar-refractivity contribution in [2.45, 2.75) is 247 Å². The molecule has 6 heteroatoms. The largest absolute Gasteiger partial charge is 0.347 e. The number of hydrogen-bond donors (Lipinski definition) is 0. The Labute approximate surface area is 398 Å². The van der Waals surface area contributed by atoms with Gasteiger partial charge in [0.1, 0.15) is 0 Å². The third-order valence-electron chi connectivity index (χ3n) is 15.4. The topological polar surface area (TPSA) is 19.4 Å². The molecular formula is C59H88N6. The van der Waals surface area contributed by atoms with Crippen molar-refractivity contribution in [3.05, 3.63) is 83.1 Å². The van der Waals surface area contributed by atoms with Gasteiger partial charge in [-0.2, -0.15) is 0 Å². The Morgan fingerprint density at radius 3 is 0.815 bits per heavy atom. The summed E-state index contributed by atoms with van der Waals surface area (Å²) >= 11 is 0. The number of nitrogens with zero attached hydrogens (tertiary/aromatic N) is 6. The van der Waals surface area contributed by atoms with Gasteiger partial charge in [-0.25, -0.2) is 0 Å². The first-order valence-electron chi connectivity index (χ1n) is 25.8. The number of anilines is 6. The lowest BCUT2D eigenvalue weighted by atomic mass is 9.45. The summed E-state index contributed by atoms with van der Waals surface area (Å²) in [6.45, 7) is 56.3. The summed E-state index contributed by atoms with van der Waals surface area (Å²) in [5.41, 5.74) is 15.8. The van der Waals surface area contributed by atoms with Crippen LogP contribution in [0.1, 0.15) is 236 Å². The fourth-order valence-electron chi connectivity index (χ4n) is 12.2. The standard InChI is InChI=1S/C59H88N6/c1-21-23-25-27-29-58-40-31-46-49(63(55(12,13)14)37-60(46)52(3,4)5)34-43(40)59(30-28-26-24-22-2,44-35-50-47(32-41(44)58)61(53(6,7)8)38-64(50)56(15,16)17)45-36-51-48(33-42(45)58)62(54(9,10)11)39-65(51)57(18,19)20/h31-36H,21-30,37H2,1-20H3. The van der Waals surface area contributed by atoms with E-state index < -0.39 is 0 Å². The van der Waals surface area contributed by atoms with E-state index in [0.29, 0.717) is 0 Å². The molecule has 3 aromatic carbocycles. The van der Waals surface area contributed by atoms with Crippen LogP contribution >= 0.6 is 0 Å². The molecule has 0 N–H and O–H groups in total. The third-order valence-corrected chi connectivity index (χ3v) is 15.4. The second kappa shape index (κ2) is 15.5. The molecule has 3 heterocycles. The van der Waals surface area contributed by atoms with E-state index >= 15 is 0 Å². The molecule has 6 nitrogen and oxygen atoms in total. The highest BCUT2D eigenvalue weighted by Crippen LogP contribution is 2.70. The van der Waals surface area contributed by atoms with Crippen LogP contribution in [0.4, 0.5) is 34.1 Å². The molecule has 6 aliphatic rings. The zero-order valence-corrected chi connectivity index (χ0v) is 44.9. The second-order valence-corrected chi connectivity index (χ2v) is 26.7. The fourth-order valence-corrected chi connectivity index (χ4v) is 12.2. The number of hydrogen-bond acceptors (Lipinski definition) is 6. The quantitative estimate of drug-likeness (QED) is 0.188. The molecule has 0 amide bonds. The van der Waals surface area contributed by atoms with Gasteiger partial charge in [0.05, 0.1) is 40.8 Å². The lowest BCUT2D eigenvalue weighted by Crippen LogP contribution is -2.51. The molecule has 0 saturated carbocycles. The molecule has 0 unspecified atom stereocenters. The molecule has 3 aliphatic carbocycles. The Morgan fingerprint density at radius 2 is 0.600 bits per heavy atom. The Balaban J connectivity index is 1.58. The highest BCUT2D eigenvalue weighted by Gasteiger charge is 2.61. The predicted octanol–water partition coefficient (Wildman–Crippen LogP) is 15.5. The van der Waals surface area contributed by atoms with Gasteiger partial charge in [0.15, 0.2) is 0 Å². The van der Waals surface area contributed by atoms with Gasteiger partial charge < -0.3 is 29.4 Å². The van der Waals surface area contributed by atoms with Gasteiger partial charge in [0.2, 0.25) is 13.3 Å². The van der Waals surface area contributed by atoms with Crippen molar-refractivity contribution in [2.24, 2.45) is 0 Å². The van der Waals surface area contributed by atoms with Gasteiger partial charge in [-0.1, -0.05) is 65.2 Å². The summed E-state index contributed by atoms with van der Waals surface area (Å²) in [5.74, 6) is 0. The van der Waals surface area contributed by atoms with Crippen molar-refractivity contribution in [2.75, 3.05) is 36.1 Å². The highest BCUT2D eigenvalue weighted by atomic mass is 15.4. The molecular weight excluding hydrogens is 793 g/mol. The molecule has 0 spiro atoms. The van der Waals surface area contributed by atoms with Gasteiger partial charge in [-0.3, -0.25) is 0 Å². The zero-order valence-electron chi connectivity index (χ0n) is 44.9. The maximum absolute atomic E-state index is 3.99. The maximum atomic E-state index is 3.99. The van der Waals surface area contributed by atoms with Crippen LogP contribution in [0.2, 0.25) is 0 Å². The molecule has 0 aromatic heterocycles. The van der Waals surface area contributed by atoms with E-state index in [4.69, 9.17) is 0 Å². The summed E-state index contributed by atoms with van der Waals surface area (Å²) in [6, 6.07) is 16.3. The van der Waals surface area contributed by atoms with Crippen LogP contribution in [0.3, 0.4) is 0 Å². The van der Waals surface area contributed by atoms with E-state index in [9.17, 15) is 0 Å². The number of rotatable bonds is 10. The van der Waals surface area contributed by atoms with Crippen molar-refractivity contribution in [3.63, 3.8) is 0 Å². The highest BCUT2D eigenvalue weighted by molar-refractivity contribution is 5.93. The van der Waals surface area contributed by atoms with Gasteiger partial charge >= 0.3 is 0 Å². The molecule has 9 rings (SSSR count). The predicted molar refractivity (Wildman–Crippen MR) is 281 cm³/mol. The van der Waals surface area contributed by atoms with E-state index in [1.54, 1.807) is 11.1 Å². The first-order chi connectivity index (χ1) is 29.9. The fraction of sp³-hybridized carbons (Fsp3) is 0.661. The lowest BCUT2D eigenvalue weighted by Gasteiger charge is -2.58. The monoisotopic (exact) mass is 881 g/mol. The summed E-state index contributed by atoms with van der Waals surface area (Å²) in [4.78, 5) is 15.3. The minimum atomic E-state index is -0.367. The molecule has 0 saturated heterocycles. The Morgan fingerprint density at radius 1 is 0.354 bits per heavy atom. The van der Waals surface area contributed by atoms with Gasteiger partial charge in [0, 0.05) is 44.1 Å². The Hall–Kier alpha value is -3.54. The van der Waals surface area contributed by atoms with Crippen molar-refractivity contribution in [3.8, 4) is 0 Å². The Bertz CT molecular complexity index is 1900. The molecule has 354 valence electrons. The molecule has 0 atom stereocenters. The van der Waals surface area contributed by atoms with Crippen molar-refractivity contribution >= 4 is 34.1 Å². The van der Waals surface area contributed by atoms with Gasteiger partial charge in [-0.05, 0) is 207 Å². The molecule has 65 heavy (non-hydrogen) atoms. The van der Waals surface area contributed by atoms with Crippen LogP contribution in [0, 0.1) is 13.3 Å². The van der Waals surface area contributed by atoms with Crippen LogP contribution in [-0.2, 0) is 10.8 Å². The van der Waals surface area contributed by atoms with E-state index in [0.717, 1.165) is 19.5 Å². The molecule has 3 aromatic rings. The van der Waals surface area contributed by atoms with Crippen molar-refractivity contribution in [1.82, 2.24) is 0 Å². The summed E-state index contributed by atoms with van der Waals surface area (Å²) in [6.07, 6.45) is 11.9. The maximum Gasteiger partial charge on any atom is 0.209 e. The first-order valence-corrected chi connectivity index (χ1v) is 25.8. The number of fused-ring (bicyclic) bond motifs is 3. The SMILES string of the molecule is CCCCCCC12c3cc4c(cc3C(CCCCCC)(c3cc5c(cc31)N(C(C)(C)C)[C]N5C(C)(C)C)c1cc3c(cc12)N(C(C)(C)C)CN3C(C)(C)C)N(C(C)(C)C)[C]N4C(C)(C)C. The second-order valence-electron chi connectivity index (χ2n) is 26.7. The average Bonchev–Trinajstić information content (AvgIpc) is 3.88. The zero-order chi connectivity index (χ0) is 47.8. The summed E-state index contributed by atoms with van der Waals surface area (Å²) in [7, 11) is 0. The normalized spacial score (nSPS) is 21.6. The first kappa shape index (κ1) is 47.9. The van der Waals surface area contributed by atoms with E-state index in [1.165, 1.54) is 108 Å². The van der Waals surface area contributed by atoms with Crippen molar-refractivity contribution in [1.29, 1.82) is 0 Å². The van der Waals surface area contributed by atoms with Crippen LogP contribution < -0.4 is 29.4 Å². The van der Waals surface area contributed by atoms with E-state index in [2.05, 4.69) is 218 Å². The van der Waals surface area contributed by atoms with Crippen molar-refractivity contribution < 1.29 is 0 Å². The van der Waals surface area contributed by atoms with Crippen LogP contribution in [0.15, 0.2) is 36.4 Å². The van der Waals surface area contributed by atoms with E-state index in [-0.39, 0.29) is 44.1 Å². The van der Waals surface area contributed by atoms with Crippen LogP contribution in [-0.4, -0.2) is 39.9 Å². The number of benzene rings is 3. The molecule has 0 fully saturated rings. The minimum Gasteiger partial charge on any atom is -0.347 e. The molecule has 4 radical (unpaired) electrons. The van der Waals surface area contributed by atoms with Gasteiger partial charge in [0.25, 0.3) is 0 Å². The minimum absolute atomic E-state index is 0.0507. The molecule has 2 bridgehead atoms. The van der Waals surface area contributed by atoms with Crippen LogP contribution in [0.25, 0.3) is 0 Å². The van der Waals surface area contributed by atoms with Crippen LogP contribution in [0.5, 0.6) is 0 Å². The average molecular weight is 881 g/mol. The number of unbranched alkanes of at least 4 members (excludes halogenated alkanes) is 6. The molecule has 3 aliphatic heterocycles. The summed E-state index contributed by atoms with van der Waals surface area (Å²) in [5, 5.41) is 0. The van der Waals surface area contributed by atoms with E-state index in [1.807, 2.05) is 0 Å². The third kappa shape index (κ3) is 7.46. The smallest absolute Gasteiger partial charge is 0.209 e. The van der Waals surface area contributed by atoms with Gasteiger partial charge in [-0.15, -0.1) is 0 Å². The summed E-state index contributed by atoms with van der Waals surface area (Å²) < 4.78 is 0. The lowest BCUT2D eigenvalue weighted by molar-refractivity contribution is 0.396.